The first kappa shape index (κ1) is 15.9. The van der Waals surface area contributed by atoms with E-state index in [2.05, 4.69) is 33.2 Å². The van der Waals surface area contributed by atoms with Crippen LogP contribution in [0.2, 0.25) is 0 Å². The number of nitrogens with zero attached hydrogens (tertiary/aromatic N) is 1. The highest BCUT2D eigenvalue weighted by Crippen LogP contribution is 2.17. The molecule has 0 unspecified atom stereocenters. The minimum Gasteiger partial charge on any atom is -0.318 e. The summed E-state index contributed by atoms with van der Waals surface area (Å²) in [4.78, 5) is 33.6. The molecule has 2 amide bonds. The Balaban J connectivity index is 2.02. The van der Waals surface area contributed by atoms with Crippen molar-refractivity contribution in [2.45, 2.75) is 0 Å². The van der Waals surface area contributed by atoms with Gasteiger partial charge < -0.3 is 10.6 Å². The van der Waals surface area contributed by atoms with E-state index in [0.717, 1.165) is 3.57 Å². The predicted octanol–water partition coefficient (Wildman–Crippen LogP) is 2.78. The van der Waals surface area contributed by atoms with Gasteiger partial charge in [0.25, 0.3) is 5.69 Å². The first-order chi connectivity index (χ1) is 10.5. The largest absolute Gasteiger partial charge is 0.318 e. The number of rotatable bonds is 3. The van der Waals surface area contributed by atoms with E-state index in [4.69, 9.17) is 0 Å². The van der Waals surface area contributed by atoms with Gasteiger partial charge in [-0.1, -0.05) is 6.07 Å². The molecular formula is C14H10IN3O4. The number of carbonyl (C=O) groups excluding carboxylic acids is 2. The highest BCUT2D eigenvalue weighted by Gasteiger charge is 2.15. The quantitative estimate of drug-likeness (QED) is 0.351. The fraction of sp³-hybridized carbons (Fsp3) is 0. The third-order valence-corrected chi connectivity index (χ3v) is 3.34. The number of benzene rings is 2. The zero-order chi connectivity index (χ0) is 16.1. The van der Waals surface area contributed by atoms with Gasteiger partial charge in [0.1, 0.15) is 0 Å². The Bertz CT molecular complexity index is 731. The van der Waals surface area contributed by atoms with Gasteiger partial charge in [-0.2, -0.15) is 0 Å². The summed E-state index contributed by atoms with van der Waals surface area (Å²) < 4.78 is 0.997. The van der Waals surface area contributed by atoms with Crippen LogP contribution < -0.4 is 10.6 Å². The van der Waals surface area contributed by atoms with Crippen molar-refractivity contribution >= 4 is 51.5 Å². The van der Waals surface area contributed by atoms with Gasteiger partial charge in [-0.15, -0.1) is 0 Å². The van der Waals surface area contributed by atoms with Crippen molar-refractivity contribution in [1.29, 1.82) is 0 Å². The second kappa shape index (κ2) is 6.98. The lowest BCUT2D eigenvalue weighted by Crippen LogP contribution is -2.29. The Hall–Kier alpha value is -2.49. The smallest absolute Gasteiger partial charge is 0.314 e. The van der Waals surface area contributed by atoms with Crippen molar-refractivity contribution in [3.8, 4) is 0 Å². The van der Waals surface area contributed by atoms with Crippen LogP contribution in [0.4, 0.5) is 17.1 Å². The Morgan fingerprint density at radius 1 is 0.955 bits per heavy atom. The Morgan fingerprint density at radius 3 is 2.14 bits per heavy atom. The minimum absolute atomic E-state index is 0.171. The molecule has 0 bridgehead atoms. The first-order valence-electron chi connectivity index (χ1n) is 6.08. The lowest BCUT2D eigenvalue weighted by atomic mass is 10.2. The predicted molar refractivity (Wildman–Crippen MR) is 89.5 cm³/mol. The van der Waals surface area contributed by atoms with Crippen LogP contribution in [0.15, 0.2) is 48.5 Å². The molecular weight excluding hydrogens is 401 g/mol. The van der Waals surface area contributed by atoms with E-state index in [1.54, 1.807) is 24.3 Å². The number of hydrogen-bond acceptors (Lipinski definition) is 4. The van der Waals surface area contributed by atoms with Gasteiger partial charge in [0, 0.05) is 27.1 Å². The van der Waals surface area contributed by atoms with E-state index in [1.807, 2.05) is 0 Å². The highest BCUT2D eigenvalue weighted by molar-refractivity contribution is 14.1. The van der Waals surface area contributed by atoms with Crippen molar-refractivity contribution < 1.29 is 14.5 Å². The van der Waals surface area contributed by atoms with E-state index in [1.165, 1.54) is 24.3 Å². The molecule has 0 saturated carbocycles. The van der Waals surface area contributed by atoms with Crippen LogP contribution in [0.25, 0.3) is 0 Å². The van der Waals surface area contributed by atoms with Crippen LogP contribution in [0.5, 0.6) is 0 Å². The van der Waals surface area contributed by atoms with E-state index >= 15 is 0 Å². The highest BCUT2D eigenvalue weighted by atomic mass is 127. The summed E-state index contributed by atoms with van der Waals surface area (Å²) >= 11 is 2.12. The zero-order valence-corrected chi connectivity index (χ0v) is 13.2. The molecule has 0 heterocycles. The third-order valence-electron chi connectivity index (χ3n) is 2.62. The van der Waals surface area contributed by atoms with E-state index in [0.29, 0.717) is 5.69 Å². The summed E-state index contributed by atoms with van der Waals surface area (Å²) in [5.41, 5.74) is 0.493. The van der Waals surface area contributed by atoms with E-state index < -0.39 is 16.7 Å². The standard InChI is InChI=1S/C14H10IN3O4/c15-9-4-6-10(7-5-9)16-13(19)14(20)17-11-2-1-3-12(8-11)18(21)22/h1-8H,(H,16,19)(H,17,20). The Kier molecular flexibility index (Phi) is 5.04. The summed E-state index contributed by atoms with van der Waals surface area (Å²) in [5.74, 6) is -1.76. The maximum Gasteiger partial charge on any atom is 0.314 e. The molecule has 2 aromatic rings. The first-order valence-corrected chi connectivity index (χ1v) is 7.16. The molecule has 2 aromatic carbocycles. The van der Waals surface area contributed by atoms with Crippen molar-refractivity contribution in [3.63, 3.8) is 0 Å². The van der Waals surface area contributed by atoms with Crippen molar-refractivity contribution in [2.75, 3.05) is 10.6 Å². The summed E-state index contributed by atoms with van der Waals surface area (Å²) in [6, 6.07) is 12.3. The van der Waals surface area contributed by atoms with Crippen LogP contribution in [0, 0.1) is 13.7 Å². The van der Waals surface area contributed by atoms with Gasteiger partial charge in [-0.3, -0.25) is 19.7 Å². The zero-order valence-electron chi connectivity index (χ0n) is 11.1. The molecule has 0 aliphatic carbocycles. The van der Waals surface area contributed by atoms with E-state index in [9.17, 15) is 19.7 Å². The molecule has 0 atom stereocenters. The number of nitrogens with one attached hydrogen (secondary N) is 2. The second-order valence-corrected chi connectivity index (χ2v) is 5.47. The minimum atomic E-state index is -0.904. The molecule has 7 nitrogen and oxygen atoms in total. The Morgan fingerprint density at radius 2 is 1.55 bits per heavy atom. The van der Waals surface area contributed by atoms with Gasteiger partial charge in [0.2, 0.25) is 0 Å². The lowest BCUT2D eigenvalue weighted by Gasteiger charge is -2.06. The number of hydrogen-bond donors (Lipinski definition) is 2. The lowest BCUT2D eigenvalue weighted by molar-refractivity contribution is -0.384. The number of non-ortho nitro benzene ring substituents is 1. The fourth-order valence-corrected chi connectivity index (χ4v) is 1.97. The summed E-state index contributed by atoms with van der Waals surface area (Å²) in [7, 11) is 0. The van der Waals surface area contributed by atoms with Crippen LogP contribution in [0.3, 0.4) is 0 Å². The summed E-state index contributed by atoms with van der Waals surface area (Å²) in [6.45, 7) is 0. The van der Waals surface area contributed by atoms with Crippen LogP contribution in [-0.2, 0) is 9.59 Å². The van der Waals surface area contributed by atoms with Crippen LogP contribution in [0.1, 0.15) is 0 Å². The van der Waals surface area contributed by atoms with Crippen molar-refractivity contribution in [2.24, 2.45) is 0 Å². The molecule has 0 saturated heterocycles. The molecule has 2 rings (SSSR count). The topological polar surface area (TPSA) is 101 Å². The molecule has 0 fully saturated rings. The normalized spacial score (nSPS) is 9.86. The number of halogens is 1. The van der Waals surface area contributed by atoms with Crippen LogP contribution >= 0.6 is 22.6 Å². The molecule has 0 aliphatic heterocycles. The van der Waals surface area contributed by atoms with Crippen molar-refractivity contribution in [3.05, 3.63) is 62.2 Å². The fourth-order valence-electron chi connectivity index (χ4n) is 1.61. The number of nitro benzene ring substituents is 1. The van der Waals surface area contributed by atoms with Crippen molar-refractivity contribution in [1.82, 2.24) is 0 Å². The van der Waals surface area contributed by atoms with E-state index in [-0.39, 0.29) is 11.4 Å². The van der Waals surface area contributed by atoms with Gasteiger partial charge in [0.05, 0.1) is 4.92 Å². The SMILES string of the molecule is O=C(Nc1ccc(I)cc1)C(=O)Nc1cccc([N+](=O)[O-])c1. The van der Waals surface area contributed by atoms with Crippen LogP contribution in [-0.4, -0.2) is 16.7 Å². The Labute approximate surface area is 139 Å². The molecule has 112 valence electrons. The molecule has 0 aromatic heterocycles. The number of carbonyl (C=O) groups is 2. The van der Waals surface area contributed by atoms with Gasteiger partial charge in [0.15, 0.2) is 0 Å². The molecule has 0 radical (unpaired) electrons. The number of amides is 2. The molecule has 8 heteroatoms. The third kappa shape index (κ3) is 4.25. The molecule has 22 heavy (non-hydrogen) atoms. The van der Waals surface area contributed by atoms with Gasteiger partial charge in [-0.25, -0.2) is 0 Å². The maximum absolute atomic E-state index is 11.8. The average molecular weight is 411 g/mol. The second-order valence-electron chi connectivity index (χ2n) is 4.22. The molecule has 0 aliphatic rings. The number of nitro groups is 1. The maximum atomic E-state index is 11.8. The summed E-state index contributed by atoms with van der Waals surface area (Å²) in [6.07, 6.45) is 0. The monoisotopic (exact) mass is 411 g/mol. The van der Waals surface area contributed by atoms with Gasteiger partial charge >= 0.3 is 11.8 Å². The molecule has 2 N–H and O–H groups in total. The summed E-state index contributed by atoms with van der Waals surface area (Å²) in [5, 5.41) is 15.4. The van der Waals surface area contributed by atoms with Gasteiger partial charge in [-0.05, 0) is 52.9 Å². The molecule has 0 spiro atoms. The average Bonchev–Trinajstić information content (AvgIpc) is 2.49. The number of anilines is 2.